The van der Waals surface area contributed by atoms with Gasteiger partial charge in [-0.05, 0) is 38.1 Å². The molecule has 0 saturated heterocycles. The number of anilines is 2. The zero-order valence-corrected chi connectivity index (χ0v) is 22.7. The van der Waals surface area contributed by atoms with Gasteiger partial charge in [0.15, 0.2) is 0 Å². The number of benzene rings is 2. The number of thioether (sulfide) groups is 1. The molecule has 8 nitrogen and oxygen atoms in total. The lowest BCUT2D eigenvalue weighted by atomic mass is 10.1. The number of allylic oxidation sites excluding steroid dienone is 1. The zero-order valence-electron chi connectivity index (χ0n) is 21.0. The molecule has 0 unspecified atom stereocenters. The Balaban J connectivity index is 1.77. The molecule has 38 heavy (non-hydrogen) atoms. The molecule has 0 atom stereocenters. The Bertz CT molecular complexity index is 1640. The van der Waals surface area contributed by atoms with Crippen LogP contribution in [0.15, 0.2) is 82.0 Å². The Kier molecular flexibility index (Phi) is 7.35. The van der Waals surface area contributed by atoms with Crippen LogP contribution in [-0.2, 0) is 20.9 Å². The first kappa shape index (κ1) is 25.7. The van der Waals surface area contributed by atoms with Gasteiger partial charge in [0, 0.05) is 18.0 Å². The fraction of sp³-hybridized carbons (Fsp3) is 0.214. The number of amides is 1. The topological polar surface area (TPSA) is 84.2 Å². The summed E-state index contributed by atoms with van der Waals surface area (Å²) in [5, 5.41) is 6.62. The summed E-state index contributed by atoms with van der Waals surface area (Å²) < 4.78 is 7.67. The van der Waals surface area contributed by atoms with E-state index in [4.69, 9.17) is 4.74 Å². The number of hydrogen-bond acceptors (Lipinski definition) is 8. The van der Waals surface area contributed by atoms with Gasteiger partial charge < -0.3 is 9.64 Å². The number of aromatic nitrogens is 1. The summed E-state index contributed by atoms with van der Waals surface area (Å²) in [6.07, 6.45) is 1.43. The second kappa shape index (κ2) is 10.8. The van der Waals surface area contributed by atoms with Crippen LogP contribution in [-0.4, -0.2) is 35.3 Å². The summed E-state index contributed by atoms with van der Waals surface area (Å²) in [5.74, 6) is -0.894. The highest BCUT2D eigenvalue weighted by atomic mass is 32.2. The highest BCUT2D eigenvalue weighted by molar-refractivity contribution is 8.08. The molecule has 3 aromatic rings. The molecule has 0 fully saturated rings. The minimum Gasteiger partial charge on any atom is -0.466 e. The quantitative estimate of drug-likeness (QED) is 0.334. The molecule has 3 heterocycles. The van der Waals surface area contributed by atoms with Crippen LogP contribution in [0, 0.1) is 0 Å². The van der Waals surface area contributed by atoms with Gasteiger partial charge in [0.2, 0.25) is 0 Å². The number of hydrogen-bond donors (Lipinski definition) is 0. The lowest BCUT2D eigenvalue weighted by Crippen LogP contribution is -2.36. The number of esters is 1. The first-order valence-electron chi connectivity index (χ1n) is 12.2. The van der Waals surface area contributed by atoms with E-state index in [2.05, 4.69) is 16.6 Å². The van der Waals surface area contributed by atoms with Crippen molar-refractivity contribution in [3.8, 4) is 0 Å². The third-order valence-electron chi connectivity index (χ3n) is 6.06. The molecule has 0 radical (unpaired) electrons. The van der Waals surface area contributed by atoms with E-state index in [0.717, 1.165) is 15.6 Å². The number of carbonyl (C=O) groups excluding carboxylic acids is 2. The normalized spacial score (nSPS) is 17.5. The van der Waals surface area contributed by atoms with Crippen molar-refractivity contribution in [1.82, 2.24) is 4.57 Å². The van der Waals surface area contributed by atoms with Crippen LogP contribution in [0.25, 0.3) is 10.6 Å². The summed E-state index contributed by atoms with van der Waals surface area (Å²) in [6.45, 7) is 8.68. The summed E-state index contributed by atoms with van der Waals surface area (Å²) in [5.41, 5.74) is 1.89. The number of thiazole rings is 1. The number of hydrazone groups is 1. The number of nitrogens with zero attached hydrogens (tertiary/aromatic N) is 4. The van der Waals surface area contributed by atoms with E-state index < -0.39 is 11.9 Å². The van der Waals surface area contributed by atoms with Crippen molar-refractivity contribution in [3.63, 3.8) is 0 Å². The fourth-order valence-electron chi connectivity index (χ4n) is 4.42. The second-order valence-electron chi connectivity index (χ2n) is 8.42. The van der Waals surface area contributed by atoms with E-state index in [-0.39, 0.29) is 36.4 Å². The summed E-state index contributed by atoms with van der Waals surface area (Å²) in [4.78, 5) is 43.3. The monoisotopic (exact) mass is 546 g/mol. The van der Waals surface area contributed by atoms with Crippen LogP contribution in [0.3, 0.4) is 0 Å². The number of carbonyl (C=O) groups is 2. The standard InChI is InChI=1S/C28H26N4O4S2/c1-4-16-31-26(35)24(28-30(5-2)20-14-10-11-15-21(20)37-28)38-27(31)23-19(17-22(33)36-6-3)29-32(25(23)34)18-12-8-7-9-13-18/h4,7-15H,1,5-6,16-17H2,2-3H3/b27-23+,28-24-. The van der Waals surface area contributed by atoms with Gasteiger partial charge in [0.05, 0.1) is 35.7 Å². The number of rotatable bonds is 7. The van der Waals surface area contributed by atoms with Gasteiger partial charge in [0.25, 0.3) is 11.5 Å². The van der Waals surface area contributed by atoms with E-state index in [1.54, 1.807) is 29.7 Å². The van der Waals surface area contributed by atoms with Gasteiger partial charge in [-0.15, -0.1) is 17.9 Å². The zero-order chi connectivity index (χ0) is 26.8. The van der Waals surface area contributed by atoms with E-state index in [1.807, 2.05) is 49.4 Å². The van der Waals surface area contributed by atoms with Gasteiger partial charge in [-0.3, -0.25) is 19.0 Å². The third-order valence-corrected chi connectivity index (χ3v) is 8.56. The lowest BCUT2D eigenvalue weighted by Gasteiger charge is -2.16. The van der Waals surface area contributed by atoms with Crippen LogP contribution >= 0.6 is 23.1 Å². The first-order chi connectivity index (χ1) is 18.5. The molecule has 2 aliphatic heterocycles. The molecule has 0 saturated carbocycles. The molecule has 1 amide bonds. The Morgan fingerprint density at radius 3 is 2.53 bits per heavy atom. The van der Waals surface area contributed by atoms with Crippen LogP contribution < -0.4 is 24.7 Å². The van der Waals surface area contributed by atoms with Crippen LogP contribution in [0.4, 0.5) is 11.4 Å². The van der Waals surface area contributed by atoms with Crippen LogP contribution in [0.5, 0.6) is 0 Å². The number of fused-ring (bicyclic) bond motifs is 1. The Morgan fingerprint density at radius 2 is 1.82 bits per heavy atom. The predicted octanol–water partition coefficient (Wildman–Crippen LogP) is 3.30. The average molecular weight is 547 g/mol. The molecule has 2 aromatic carbocycles. The predicted molar refractivity (Wildman–Crippen MR) is 153 cm³/mol. The van der Waals surface area contributed by atoms with Gasteiger partial charge in [-0.25, -0.2) is 0 Å². The van der Waals surface area contributed by atoms with Crippen molar-refractivity contribution in [2.45, 2.75) is 31.7 Å². The lowest BCUT2D eigenvalue weighted by molar-refractivity contribution is -0.141. The maximum Gasteiger partial charge on any atom is 0.311 e. The minimum absolute atomic E-state index is 0.189. The van der Waals surface area contributed by atoms with Crippen molar-refractivity contribution < 1.29 is 14.3 Å². The fourth-order valence-corrected chi connectivity index (χ4v) is 6.99. The van der Waals surface area contributed by atoms with E-state index in [9.17, 15) is 14.4 Å². The van der Waals surface area contributed by atoms with Gasteiger partial charge in [-0.1, -0.05) is 48.2 Å². The summed E-state index contributed by atoms with van der Waals surface area (Å²) in [6, 6.07) is 17.0. The maximum absolute atomic E-state index is 13.8. The molecule has 5 rings (SSSR count). The van der Waals surface area contributed by atoms with Gasteiger partial charge in [-0.2, -0.15) is 10.1 Å². The van der Waals surface area contributed by atoms with E-state index >= 15 is 0 Å². The molecule has 0 bridgehead atoms. The smallest absolute Gasteiger partial charge is 0.311 e. The molecular formula is C28H26N4O4S2. The van der Waals surface area contributed by atoms with Crippen LogP contribution in [0.1, 0.15) is 20.3 Å². The van der Waals surface area contributed by atoms with Gasteiger partial charge in [0.1, 0.15) is 14.2 Å². The molecule has 0 aliphatic carbocycles. The largest absolute Gasteiger partial charge is 0.466 e. The van der Waals surface area contributed by atoms with Gasteiger partial charge >= 0.3 is 5.97 Å². The van der Waals surface area contributed by atoms with Crippen molar-refractivity contribution in [1.29, 1.82) is 0 Å². The molecule has 0 N–H and O–H groups in total. The van der Waals surface area contributed by atoms with Crippen molar-refractivity contribution >= 4 is 62.7 Å². The Labute approximate surface area is 227 Å². The molecular weight excluding hydrogens is 520 g/mol. The Hall–Kier alpha value is -3.89. The van der Waals surface area contributed by atoms with Crippen LogP contribution in [0.2, 0.25) is 0 Å². The molecule has 0 spiro atoms. The SMILES string of the molecule is C=CCn1c(=O)/c(=C2/Sc3ccccc3N2CC)s/c1=C1/C(=O)N(c2ccccc2)N=C1CC(=O)OCC. The molecule has 10 heteroatoms. The van der Waals surface area contributed by atoms with Crippen molar-refractivity contribution in [2.24, 2.45) is 5.10 Å². The summed E-state index contributed by atoms with van der Waals surface area (Å²) >= 11 is 2.78. The highest BCUT2D eigenvalue weighted by Gasteiger charge is 2.35. The number of para-hydroxylation sites is 2. The molecule has 1 aromatic heterocycles. The van der Waals surface area contributed by atoms with Crippen molar-refractivity contribution in [3.05, 3.63) is 86.8 Å². The van der Waals surface area contributed by atoms with E-state index in [0.29, 0.717) is 21.4 Å². The maximum atomic E-state index is 13.8. The van der Waals surface area contributed by atoms with E-state index in [1.165, 1.54) is 28.1 Å². The third kappa shape index (κ3) is 4.50. The number of ether oxygens (including phenoxy) is 1. The Morgan fingerprint density at radius 1 is 1.08 bits per heavy atom. The summed E-state index contributed by atoms with van der Waals surface area (Å²) in [7, 11) is 0. The second-order valence-corrected chi connectivity index (χ2v) is 10.4. The highest BCUT2D eigenvalue weighted by Crippen LogP contribution is 2.45. The minimum atomic E-state index is -0.491. The van der Waals surface area contributed by atoms with Crippen molar-refractivity contribution in [2.75, 3.05) is 23.1 Å². The first-order valence-corrected chi connectivity index (χ1v) is 13.9. The molecule has 2 aliphatic rings. The average Bonchev–Trinajstić information content (AvgIpc) is 3.55. The molecule has 194 valence electrons.